The van der Waals surface area contributed by atoms with Crippen LogP contribution in [0.15, 0.2) is 42.7 Å². The summed E-state index contributed by atoms with van der Waals surface area (Å²) >= 11 is 0. The highest BCUT2D eigenvalue weighted by atomic mass is 19.4. The van der Waals surface area contributed by atoms with Crippen LogP contribution in [-0.4, -0.2) is 58.0 Å². The topological polar surface area (TPSA) is 63.5 Å². The number of piperidine rings is 1. The molecule has 212 valence electrons. The Hall–Kier alpha value is -3.31. The van der Waals surface area contributed by atoms with Crippen LogP contribution < -0.4 is 4.90 Å². The minimum Gasteiger partial charge on any atom is -0.379 e. The van der Waals surface area contributed by atoms with E-state index in [4.69, 9.17) is 4.74 Å². The maximum atomic E-state index is 14.3. The summed E-state index contributed by atoms with van der Waals surface area (Å²) in [6, 6.07) is 10.1. The zero-order valence-corrected chi connectivity index (χ0v) is 22.4. The normalized spacial score (nSPS) is 22.9. The summed E-state index contributed by atoms with van der Waals surface area (Å²) in [6.07, 6.45) is -2.79. The molecule has 3 aromatic rings. The maximum absolute atomic E-state index is 14.3. The van der Waals surface area contributed by atoms with Crippen molar-refractivity contribution in [3.05, 3.63) is 76.4 Å². The van der Waals surface area contributed by atoms with Gasteiger partial charge in [0.25, 0.3) is 5.91 Å². The van der Waals surface area contributed by atoms with Gasteiger partial charge >= 0.3 is 6.18 Å². The first-order valence-corrected chi connectivity index (χ1v) is 13.5. The Kier molecular flexibility index (Phi) is 6.69. The molecule has 0 bridgehead atoms. The molecule has 2 aromatic carbocycles. The van der Waals surface area contributed by atoms with Gasteiger partial charge in [-0.1, -0.05) is 19.1 Å². The smallest absolute Gasteiger partial charge is 0.379 e. The number of anilines is 1. The molecular weight excluding hydrogens is 526 g/mol. The van der Waals surface area contributed by atoms with Crippen molar-refractivity contribution in [1.82, 2.24) is 19.7 Å². The number of benzene rings is 2. The number of rotatable bonds is 6. The van der Waals surface area contributed by atoms with E-state index in [2.05, 4.69) is 10.2 Å². The second-order valence-corrected chi connectivity index (χ2v) is 11.4. The van der Waals surface area contributed by atoms with Crippen LogP contribution in [0.1, 0.15) is 51.8 Å². The van der Waals surface area contributed by atoms with Gasteiger partial charge in [-0.15, -0.1) is 10.2 Å². The number of hydrogen-bond donors (Lipinski definition) is 0. The van der Waals surface area contributed by atoms with Gasteiger partial charge in [0.1, 0.15) is 18.3 Å². The van der Waals surface area contributed by atoms with Gasteiger partial charge in [0.05, 0.1) is 25.3 Å². The van der Waals surface area contributed by atoms with Crippen LogP contribution in [-0.2, 0) is 42.9 Å². The molecule has 6 rings (SSSR count). The van der Waals surface area contributed by atoms with Crippen LogP contribution in [0.2, 0.25) is 0 Å². The average Bonchev–Trinajstić information content (AvgIpc) is 3.45. The van der Waals surface area contributed by atoms with Crippen molar-refractivity contribution in [3.8, 4) is 0 Å². The van der Waals surface area contributed by atoms with Gasteiger partial charge in [-0.25, -0.2) is 4.39 Å². The molecule has 4 heterocycles. The lowest BCUT2D eigenvalue weighted by molar-refractivity contribution is -0.138. The fraction of sp³-hybridized carbons (Fsp3) is 0.483. The van der Waals surface area contributed by atoms with Gasteiger partial charge in [-0.2, -0.15) is 13.2 Å². The fourth-order valence-corrected chi connectivity index (χ4v) is 6.00. The molecule has 11 heteroatoms. The molecular formula is C29H31F4N5O2. The molecule has 40 heavy (non-hydrogen) atoms. The van der Waals surface area contributed by atoms with E-state index in [9.17, 15) is 22.4 Å². The van der Waals surface area contributed by atoms with Crippen molar-refractivity contribution in [2.45, 2.75) is 50.6 Å². The highest BCUT2D eigenvalue weighted by molar-refractivity contribution is 6.10. The molecule has 3 aliphatic heterocycles. The largest absolute Gasteiger partial charge is 0.416 e. The summed E-state index contributed by atoms with van der Waals surface area (Å²) in [5.41, 5.74) is 0.687. The second-order valence-electron chi connectivity index (χ2n) is 11.4. The summed E-state index contributed by atoms with van der Waals surface area (Å²) in [6.45, 7) is 3.54. The molecule has 3 aliphatic rings. The number of amides is 1. The first kappa shape index (κ1) is 26.9. The van der Waals surface area contributed by atoms with E-state index >= 15 is 0 Å². The quantitative estimate of drug-likeness (QED) is 0.412. The molecule has 2 atom stereocenters. The number of aryl methyl sites for hydroxylation is 1. The van der Waals surface area contributed by atoms with Gasteiger partial charge in [0, 0.05) is 43.2 Å². The predicted molar refractivity (Wildman–Crippen MR) is 140 cm³/mol. The highest BCUT2D eigenvalue weighted by Crippen LogP contribution is 2.42. The zero-order valence-electron chi connectivity index (χ0n) is 22.4. The van der Waals surface area contributed by atoms with Gasteiger partial charge in [-0.3, -0.25) is 9.69 Å². The van der Waals surface area contributed by atoms with Gasteiger partial charge < -0.3 is 14.2 Å². The number of carbonyl (C=O) groups excluding carboxylic acids is 1. The van der Waals surface area contributed by atoms with Crippen LogP contribution in [0.25, 0.3) is 0 Å². The monoisotopic (exact) mass is 557 g/mol. The van der Waals surface area contributed by atoms with Crippen molar-refractivity contribution >= 4 is 11.6 Å². The standard InChI is InChI=1S/C29H31F4N5O2/c1-18-6-7-37(14-25(18)30)12-19-8-22-23(24(9-19)29(31,32)33)13-38(27(22)39)21-5-3-4-20(10-21)28(15-40-16-28)11-26-35-34-17-36(26)2/h3-5,8-10,17-18,25H,6-7,11-16H2,1-2H3. The average molecular weight is 558 g/mol. The van der Waals surface area contributed by atoms with Gasteiger partial charge in [0.15, 0.2) is 0 Å². The third-order valence-corrected chi connectivity index (χ3v) is 8.59. The van der Waals surface area contributed by atoms with E-state index in [0.29, 0.717) is 43.9 Å². The summed E-state index contributed by atoms with van der Waals surface area (Å²) in [5.74, 6) is 0.254. The second kappa shape index (κ2) is 9.95. The number of aromatic nitrogens is 3. The van der Waals surface area contributed by atoms with Crippen molar-refractivity contribution in [1.29, 1.82) is 0 Å². The zero-order chi connectivity index (χ0) is 28.2. The van der Waals surface area contributed by atoms with Crippen LogP contribution in [0.3, 0.4) is 0 Å². The Labute approximate surface area is 229 Å². The van der Waals surface area contributed by atoms with Gasteiger partial charge in [0.2, 0.25) is 0 Å². The Morgan fingerprint density at radius 3 is 2.62 bits per heavy atom. The van der Waals surface area contributed by atoms with E-state index in [1.165, 1.54) is 4.90 Å². The summed E-state index contributed by atoms with van der Waals surface area (Å²) in [4.78, 5) is 16.8. The van der Waals surface area contributed by atoms with Crippen LogP contribution >= 0.6 is 0 Å². The Bertz CT molecular complexity index is 1430. The van der Waals surface area contributed by atoms with Crippen molar-refractivity contribution < 1.29 is 27.1 Å². The predicted octanol–water partition coefficient (Wildman–Crippen LogP) is 4.68. The number of carbonyl (C=O) groups is 1. The summed E-state index contributed by atoms with van der Waals surface area (Å²) in [7, 11) is 1.87. The van der Waals surface area contributed by atoms with Crippen LogP contribution in [0, 0.1) is 5.92 Å². The van der Waals surface area contributed by atoms with E-state index in [1.54, 1.807) is 18.5 Å². The van der Waals surface area contributed by atoms with E-state index in [1.807, 2.05) is 41.6 Å². The molecule has 2 unspecified atom stereocenters. The minimum atomic E-state index is -4.62. The number of hydrogen-bond acceptors (Lipinski definition) is 5. The SMILES string of the molecule is CC1CCN(Cc2cc3c(c(C(F)(F)F)c2)CN(c2cccc(C4(Cc5nncn5C)COC4)c2)C3=O)CC1F. The number of nitrogens with zero attached hydrogens (tertiary/aromatic N) is 5. The molecule has 0 saturated carbocycles. The Balaban J connectivity index is 1.30. The molecule has 0 N–H and O–H groups in total. The highest BCUT2D eigenvalue weighted by Gasteiger charge is 2.43. The van der Waals surface area contributed by atoms with Crippen molar-refractivity contribution in [3.63, 3.8) is 0 Å². The maximum Gasteiger partial charge on any atom is 0.416 e. The van der Waals surface area contributed by atoms with Crippen LogP contribution in [0.4, 0.5) is 23.2 Å². The van der Waals surface area contributed by atoms with E-state index in [0.717, 1.165) is 17.5 Å². The first-order chi connectivity index (χ1) is 19.0. The fourth-order valence-electron chi connectivity index (χ4n) is 6.00. The molecule has 0 radical (unpaired) electrons. The first-order valence-electron chi connectivity index (χ1n) is 13.5. The molecule has 1 amide bonds. The van der Waals surface area contributed by atoms with E-state index < -0.39 is 23.8 Å². The lowest BCUT2D eigenvalue weighted by Gasteiger charge is -2.42. The molecule has 7 nitrogen and oxygen atoms in total. The molecule has 2 fully saturated rings. The van der Waals surface area contributed by atoms with Crippen molar-refractivity contribution in [2.24, 2.45) is 13.0 Å². The summed E-state index contributed by atoms with van der Waals surface area (Å²) in [5, 5.41) is 8.16. The molecule has 2 saturated heterocycles. The minimum absolute atomic E-state index is 0.0249. The van der Waals surface area contributed by atoms with Crippen molar-refractivity contribution in [2.75, 3.05) is 31.2 Å². The summed E-state index contributed by atoms with van der Waals surface area (Å²) < 4.78 is 64.4. The van der Waals surface area contributed by atoms with E-state index in [-0.39, 0.29) is 42.1 Å². The number of ether oxygens (including phenoxy) is 1. The lowest BCUT2D eigenvalue weighted by Crippen LogP contribution is -2.49. The third-order valence-electron chi connectivity index (χ3n) is 8.59. The molecule has 0 spiro atoms. The number of likely N-dealkylation sites (tertiary alicyclic amines) is 1. The Morgan fingerprint density at radius 2 is 1.98 bits per heavy atom. The molecule has 0 aliphatic carbocycles. The van der Waals surface area contributed by atoms with Gasteiger partial charge in [-0.05, 0) is 59.8 Å². The number of fused-ring (bicyclic) bond motifs is 1. The molecule has 1 aromatic heterocycles. The number of alkyl halides is 4. The Morgan fingerprint density at radius 1 is 1.18 bits per heavy atom. The lowest BCUT2D eigenvalue weighted by atomic mass is 9.75. The number of halogens is 4. The van der Waals surface area contributed by atoms with Crippen LogP contribution in [0.5, 0.6) is 0 Å². The third kappa shape index (κ3) is 4.79.